The Kier molecular flexibility index (Phi) is 6.13. The number of aromatic nitrogens is 2. The number of Topliss-reactive ketones (excluding diaryl/α,β-unsaturated/α-hetero) is 1. The van der Waals surface area contributed by atoms with Crippen LogP contribution in [0, 0.1) is 12.3 Å². The fourth-order valence-corrected chi connectivity index (χ4v) is 4.18. The van der Waals surface area contributed by atoms with E-state index in [4.69, 9.17) is 4.74 Å². The summed E-state index contributed by atoms with van der Waals surface area (Å²) in [5, 5.41) is 0. The van der Waals surface area contributed by atoms with Gasteiger partial charge in [-0.05, 0) is 45.7 Å². The maximum absolute atomic E-state index is 13.3. The molecule has 182 valence electrons. The molecule has 2 aromatic carbocycles. The Morgan fingerprint density at radius 3 is 2.51 bits per heavy atom. The number of hydrogen-bond acceptors (Lipinski definition) is 5. The first-order valence-corrected chi connectivity index (χ1v) is 11.6. The molecule has 0 bridgehead atoms. The molecular weight excluding hydrogens is 442 g/mol. The molecule has 3 aromatic rings. The lowest BCUT2D eigenvalue weighted by Gasteiger charge is -2.21. The zero-order valence-corrected chi connectivity index (χ0v) is 21.4. The number of allylic oxidation sites excluding steroid dienone is 2. The number of ether oxygens (including phenoxy) is 1. The first-order chi connectivity index (χ1) is 16.4. The van der Waals surface area contributed by atoms with E-state index < -0.39 is 11.4 Å². The molecule has 7 heteroatoms. The molecule has 35 heavy (non-hydrogen) atoms. The molecule has 0 spiro atoms. The number of esters is 1. The fourth-order valence-electron chi connectivity index (χ4n) is 4.18. The zero-order chi connectivity index (χ0) is 25.7. The van der Waals surface area contributed by atoms with E-state index in [-0.39, 0.29) is 23.9 Å². The van der Waals surface area contributed by atoms with E-state index in [2.05, 4.69) is 4.98 Å². The van der Waals surface area contributed by atoms with Crippen molar-refractivity contribution in [3.8, 4) is 5.75 Å². The van der Waals surface area contributed by atoms with Gasteiger partial charge in [-0.25, -0.2) is 4.98 Å². The number of ketones is 1. The van der Waals surface area contributed by atoms with Crippen LogP contribution in [0.4, 0.5) is 0 Å². The standard InChI is InChI=1S/C28H31N3O4/c1-16-29-23-22(31(16)7)15-21(26(33)30(5)6)20(25(23)35-27(34)28(2,3)4)13-12-18-14-17-10-8-9-11-19(17)24(18)32/h8-12,15H,13-14H2,1-7H3. The third-order valence-electron chi connectivity index (χ3n) is 6.39. The summed E-state index contributed by atoms with van der Waals surface area (Å²) < 4.78 is 7.84. The lowest BCUT2D eigenvalue weighted by molar-refractivity contribution is -0.142. The number of nitrogens with zero attached hydrogens (tertiary/aromatic N) is 3. The SMILES string of the molecule is Cc1nc2c(OC(=O)C(C)(C)C)c(CC=C3Cc4ccccc4C3=O)c(C(=O)N(C)C)cc2n1C. The Morgan fingerprint density at radius 2 is 1.89 bits per heavy atom. The third kappa shape index (κ3) is 4.38. The Morgan fingerprint density at radius 1 is 1.20 bits per heavy atom. The van der Waals surface area contributed by atoms with Crippen molar-refractivity contribution in [3.63, 3.8) is 0 Å². The van der Waals surface area contributed by atoms with E-state index in [0.717, 1.165) is 11.4 Å². The van der Waals surface area contributed by atoms with E-state index >= 15 is 0 Å². The Hall–Kier alpha value is -3.74. The van der Waals surface area contributed by atoms with Crippen molar-refractivity contribution in [1.82, 2.24) is 14.5 Å². The van der Waals surface area contributed by atoms with Gasteiger partial charge in [0.05, 0.1) is 10.9 Å². The smallest absolute Gasteiger partial charge is 0.316 e. The molecule has 7 nitrogen and oxygen atoms in total. The van der Waals surface area contributed by atoms with Crippen LogP contribution in [0.2, 0.25) is 0 Å². The van der Waals surface area contributed by atoms with Gasteiger partial charge in [0.15, 0.2) is 11.5 Å². The first kappa shape index (κ1) is 24.4. The van der Waals surface area contributed by atoms with Crippen molar-refractivity contribution < 1.29 is 19.1 Å². The van der Waals surface area contributed by atoms with Gasteiger partial charge in [0.1, 0.15) is 11.3 Å². The van der Waals surface area contributed by atoms with Gasteiger partial charge in [-0.15, -0.1) is 0 Å². The molecule has 0 aliphatic heterocycles. The second-order valence-corrected chi connectivity index (χ2v) is 10.3. The summed E-state index contributed by atoms with van der Waals surface area (Å²) in [4.78, 5) is 45.3. The molecular formula is C28H31N3O4. The van der Waals surface area contributed by atoms with Gasteiger partial charge in [0, 0.05) is 49.8 Å². The number of carbonyl (C=O) groups is 3. The van der Waals surface area contributed by atoms with E-state index in [1.54, 1.807) is 40.9 Å². The predicted octanol–water partition coefficient (Wildman–Crippen LogP) is 4.44. The number of aryl methyl sites for hydroxylation is 2. The van der Waals surface area contributed by atoms with Crippen molar-refractivity contribution in [2.24, 2.45) is 12.5 Å². The van der Waals surface area contributed by atoms with Crippen molar-refractivity contribution in [1.29, 1.82) is 0 Å². The molecule has 0 unspecified atom stereocenters. The van der Waals surface area contributed by atoms with Crippen molar-refractivity contribution in [3.05, 3.63) is 70.1 Å². The largest absolute Gasteiger partial charge is 0.423 e. The van der Waals surface area contributed by atoms with Gasteiger partial charge in [0.25, 0.3) is 5.91 Å². The highest BCUT2D eigenvalue weighted by Gasteiger charge is 2.30. The summed E-state index contributed by atoms with van der Waals surface area (Å²) in [6, 6.07) is 9.36. The second kappa shape index (κ2) is 8.80. The molecule has 0 atom stereocenters. The second-order valence-electron chi connectivity index (χ2n) is 10.3. The van der Waals surface area contributed by atoms with Crippen LogP contribution >= 0.6 is 0 Å². The normalized spacial score (nSPS) is 14.5. The lowest BCUT2D eigenvalue weighted by Crippen LogP contribution is -2.27. The average Bonchev–Trinajstić information content (AvgIpc) is 3.27. The minimum Gasteiger partial charge on any atom is -0.423 e. The molecule has 0 saturated heterocycles. The molecule has 1 aliphatic carbocycles. The van der Waals surface area contributed by atoms with Gasteiger partial charge in [0.2, 0.25) is 0 Å². The van der Waals surface area contributed by atoms with Crippen LogP contribution in [0.25, 0.3) is 11.0 Å². The number of benzene rings is 2. The average molecular weight is 474 g/mol. The summed E-state index contributed by atoms with van der Waals surface area (Å²) >= 11 is 0. The van der Waals surface area contributed by atoms with Crippen LogP contribution in [0.5, 0.6) is 5.75 Å². The lowest BCUT2D eigenvalue weighted by atomic mass is 9.96. The maximum Gasteiger partial charge on any atom is 0.316 e. The van der Waals surface area contributed by atoms with Crippen molar-refractivity contribution in [2.45, 2.75) is 40.5 Å². The van der Waals surface area contributed by atoms with E-state index in [9.17, 15) is 14.4 Å². The number of amides is 1. The highest BCUT2D eigenvalue weighted by atomic mass is 16.5. The Bertz CT molecular complexity index is 1400. The molecule has 4 rings (SSSR count). The van der Waals surface area contributed by atoms with Gasteiger partial charge < -0.3 is 14.2 Å². The summed E-state index contributed by atoms with van der Waals surface area (Å²) in [5.74, 6) is 0.358. The summed E-state index contributed by atoms with van der Waals surface area (Å²) in [6.45, 7) is 7.20. The molecule has 1 heterocycles. The van der Waals surface area contributed by atoms with E-state index in [1.165, 1.54) is 4.90 Å². The van der Waals surface area contributed by atoms with Crippen LogP contribution in [0.1, 0.15) is 58.4 Å². The summed E-state index contributed by atoms with van der Waals surface area (Å²) in [5.41, 5.74) is 3.79. The van der Waals surface area contributed by atoms with Crippen LogP contribution in [-0.2, 0) is 24.7 Å². The summed E-state index contributed by atoms with van der Waals surface area (Å²) in [7, 11) is 5.22. The van der Waals surface area contributed by atoms with Crippen LogP contribution in [-0.4, -0.2) is 46.2 Å². The van der Waals surface area contributed by atoms with Crippen LogP contribution in [0.15, 0.2) is 42.0 Å². The number of rotatable bonds is 4. The van der Waals surface area contributed by atoms with E-state index in [0.29, 0.717) is 39.7 Å². The molecule has 1 aliphatic rings. The van der Waals surface area contributed by atoms with Gasteiger partial charge in [-0.2, -0.15) is 0 Å². The number of fused-ring (bicyclic) bond motifs is 2. The molecule has 1 aromatic heterocycles. The molecule has 1 amide bonds. The third-order valence-corrected chi connectivity index (χ3v) is 6.39. The van der Waals surface area contributed by atoms with Gasteiger partial charge in [-0.1, -0.05) is 30.3 Å². The van der Waals surface area contributed by atoms with Crippen molar-refractivity contribution >= 4 is 28.7 Å². The van der Waals surface area contributed by atoms with E-state index in [1.807, 2.05) is 48.9 Å². The number of imidazole rings is 1. The highest BCUT2D eigenvalue weighted by Crippen LogP contribution is 2.36. The number of hydrogen-bond donors (Lipinski definition) is 0. The monoisotopic (exact) mass is 473 g/mol. The summed E-state index contributed by atoms with van der Waals surface area (Å²) in [6.07, 6.45) is 2.64. The minimum atomic E-state index is -0.753. The quantitative estimate of drug-likeness (QED) is 0.318. The molecule has 0 N–H and O–H groups in total. The predicted molar refractivity (Wildman–Crippen MR) is 135 cm³/mol. The highest BCUT2D eigenvalue weighted by molar-refractivity contribution is 6.13. The van der Waals surface area contributed by atoms with Crippen molar-refractivity contribution in [2.75, 3.05) is 14.1 Å². The number of carbonyl (C=O) groups excluding carboxylic acids is 3. The van der Waals surface area contributed by atoms with Crippen LogP contribution < -0.4 is 4.74 Å². The zero-order valence-electron chi connectivity index (χ0n) is 21.4. The Labute approximate surface area is 205 Å². The topological polar surface area (TPSA) is 81.5 Å². The molecule has 0 fully saturated rings. The molecule has 0 radical (unpaired) electrons. The van der Waals surface area contributed by atoms with Gasteiger partial charge in [-0.3, -0.25) is 14.4 Å². The van der Waals surface area contributed by atoms with Crippen LogP contribution in [0.3, 0.4) is 0 Å². The maximum atomic E-state index is 13.3. The Balaban J connectivity index is 1.90. The first-order valence-electron chi connectivity index (χ1n) is 11.6. The van der Waals surface area contributed by atoms with Gasteiger partial charge >= 0.3 is 5.97 Å². The minimum absolute atomic E-state index is 0.0101. The fraction of sp³-hybridized carbons (Fsp3) is 0.357. The molecule has 0 saturated carbocycles.